The van der Waals surface area contributed by atoms with E-state index in [1.807, 2.05) is 4.90 Å². The molecule has 21 heavy (non-hydrogen) atoms. The predicted molar refractivity (Wildman–Crippen MR) is 75.4 cm³/mol. The van der Waals surface area contributed by atoms with Gasteiger partial charge in [0, 0.05) is 32.1 Å². The molecule has 0 aromatic heterocycles. The zero-order valence-electron chi connectivity index (χ0n) is 12.0. The van der Waals surface area contributed by atoms with Crippen molar-refractivity contribution < 1.29 is 18.3 Å². The SMILES string of the molecule is CC1CN(C(=O)CCc2ccc(OC(F)F)cc2)CCN1. The van der Waals surface area contributed by atoms with Crippen LogP contribution in [0.25, 0.3) is 0 Å². The lowest BCUT2D eigenvalue weighted by molar-refractivity contribution is -0.132. The number of nitrogens with zero attached hydrogens (tertiary/aromatic N) is 1. The highest BCUT2D eigenvalue weighted by Gasteiger charge is 2.19. The van der Waals surface area contributed by atoms with E-state index < -0.39 is 6.61 Å². The molecule has 6 heteroatoms. The maximum absolute atomic E-state index is 12.1. The van der Waals surface area contributed by atoms with Gasteiger partial charge in [-0.2, -0.15) is 8.78 Å². The number of rotatable bonds is 5. The van der Waals surface area contributed by atoms with Gasteiger partial charge in [-0.25, -0.2) is 0 Å². The summed E-state index contributed by atoms with van der Waals surface area (Å²) < 4.78 is 28.4. The fourth-order valence-electron chi connectivity index (χ4n) is 2.41. The summed E-state index contributed by atoms with van der Waals surface area (Å²) in [6, 6.07) is 6.75. The minimum absolute atomic E-state index is 0.135. The van der Waals surface area contributed by atoms with Gasteiger partial charge in [0.05, 0.1) is 0 Å². The summed E-state index contributed by atoms with van der Waals surface area (Å²) in [4.78, 5) is 14.0. The van der Waals surface area contributed by atoms with Crippen LogP contribution in [-0.4, -0.2) is 43.1 Å². The van der Waals surface area contributed by atoms with Gasteiger partial charge in [0.2, 0.25) is 5.91 Å². The second-order valence-electron chi connectivity index (χ2n) is 5.22. The first-order chi connectivity index (χ1) is 10.0. The van der Waals surface area contributed by atoms with E-state index in [9.17, 15) is 13.6 Å². The minimum Gasteiger partial charge on any atom is -0.435 e. The van der Waals surface area contributed by atoms with E-state index in [1.165, 1.54) is 12.1 Å². The Bertz CT molecular complexity index is 465. The van der Waals surface area contributed by atoms with E-state index in [1.54, 1.807) is 12.1 Å². The summed E-state index contributed by atoms with van der Waals surface area (Å²) >= 11 is 0. The van der Waals surface area contributed by atoms with Crippen molar-refractivity contribution in [2.75, 3.05) is 19.6 Å². The topological polar surface area (TPSA) is 41.6 Å². The first-order valence-electron chi connectivity index (χ1n) is 7.09. The Hall–Kier alpha value is -1.69. The fourth-order valence-corrected chi connectivity index (χ4v) is 2.41. The second-order valence-corrected chi connectivity index (χ2v) is 5.22. The maximum atomic E-state index is 12.1. The molecule has 1 saturated heterocycles. The summed E-state index contributed by atoms with van der Waals surface area (Å²) in [5.74, 6) is 0.271. The molecule has 1 fully saturated rings. The first kappa shape index (κ1) is 15.7. The van der Waals surface area contributed by atoms with Gasteiger partial charge in [-0.05, 0) is 31.0 Å². The van der Waals surface area contributed by atoms with E-state index in [0.29, 0.717) is 18.9 Å². The van der Waals surface area contributed by atoms with Crippen molar-refractivity contribution in [3.05, 3.63) is 29.8 Å². The Morgan fingerprint density at radius 2 is 2.14 bits per heavy atom. The van der Waals surface area contributed by atoms with Crippen LogP contribution in [0.2, 0.25) is 0 Å². The third-order valence-corrected chi connectivity index (χ3v) is 3.50. The van der Waals surface area contributed by atoms with Crippen molar-refractivity contribution in [1.29, 1.82) is 0 Å². The van der Waals surface area contributed by atoms with Gasteiger partial charge >= 0.3 is 6.61 Å². The lowest BCUT2D eigenvalue weighted by Gasteiger charge is -2.32. The fraction of sp³-hybridized carbons (Fsp3) is 0.533. The molecule has 0 spiro atoms. The Labute approximate surface area is 123 Å². The molecule has 1 amide bonds. The molecular weight excluding hydrogens is 278 g/mol. The number of carbonyl (C=O) groups is 1. The largest absolute Gasteiger partial charge is 0.435 e. The Kier molecular flexibility index (Phi) is 5.50. The molecule has 1 aliphatic heterocycles. The van der Waals surface area contributed by atoms with Gasteiger partial charge in [-0.1, -0.05) is 12.1 Å². The molecule has 1 unspecified atom stereocenters. The third kappa shape index (κ3) is 4.97. The lowest BCUT2D eigenvalue weighted by atomic mass is 10.1. The molecule has 0 bridgehead atoms. The number of benzene rings is 1. The van der Waals surface area contributed by atoms with Crippen LogP contribution in [-0.2, 0) is 11.2 Å². The molecule has 1 aromatic carbocycles. The number of ether oxygens (including phenoxy) is 1. The third-order valence-electron chi connectivity index (χ3n) is 3.50. The van der Waals surface area contributed by atoms with E-state index >= 15 is 0 Å². The molecule has 116 valence electrons. The van der Waals surface area contributed by atoms with Crippen LogP contribution in [0, 0.1) is 0 Å². The summed E-state index contributed by atoms with van der Waals surface area (Å²) in [6.07, 6.45) is 1.04. The molecule has 4 nitrogen and oxygen atoms in total. The number of piperazine rings is 1. The quantitative estimate of drug-likeness (QED) is 0.904. The number of carbonyl (C=O) groups excluding carboxylic acids is 1. The number of nitrogens with one attached hydrogen (secondary N) is 1. The molecule has 0 saturated carbocycles. The van der Waals surface area contributed by atoms with Crippen molar-refractivity contribution in [1.82, 2.24) is 10.2 Å². The zero-order valence-corrected chi connectivity index (χ0v) is 12.0. The summed E-state index contributed by atoms with van der Waals surface area (Å²) in [5, 5.41) is 3.29. The van der Waals surface area contributed by atoms with Crippen LogP contribution in [0.4, 0.5) is 8.78 Å². The normalized spacial score (nSPS) is 18.9. The monoisotopic (exact) mass is 298 g/mol. The predicted octanol–water partition coefficient (Wildman–Crippen LogP) is 2.04. The molecule has 1 heterocycles. The van der Waals surface area contributed by atoms with Crippen LogP contribution < -0.4 is 10.1 Å². The molecule has 0 radical (unpaired) electrons. The van der Waals surface area contributed by atoms with E-state index in [-0.39, 0.29) is 11.7 Å². The van der Waals surface area contributed by atoms with E-state index in [2.05, 4.69) is 17.0 Å². The Balaban J connectivity index is 1.80. The Morgan fingerprint density at radius 1 is 1.43 bits per heavy atom. The Morgan fingerprint density at radius 3 is 2.76 bits per heavy atom. The van der Waals surface area contributed by atoms with Gasteiger partial charge in [0.1, 0.15) is 5.75 Å². The number of amides is 1. The van der Waals surface area contributed by atoms with Gasteiger partial charge < -0.3 is 15.0 Å². The van der Waals surface area contributed by atoms with E-state index in [4.69, 9.17) is 0 Å². The van der Waals surface area contributed by atoms with Crippen LogP contribution in [0.5, 0.6) is 5.75 Å². The number of halogens is 2. The second kappa shape index (κ2) is 7.36. The van der Waals surface area contributed by atoms with Gasteiger partial charge in [0.15, 0.2) is 0 Å². The summed E-state index contributed by atoms with van der Waals surface area (Å²) in [5.41, 5.74) is 0.938. The van der Waals surface area contributed by atoms with E-state index in [0.717, 1.165) is 25.2 Å². The molecular formula is C15H20F2N2O2. The molecule has 1 N–H and O–H groups in total. The lowest BCUT2D eigenvalue weighted by Crippen LogP contribution is -2.51. The van der Waals surface area contributed by atoms with Crippen molar-refractivity contribution in [3.63, 3.8) is 0 Å². The first-order valence-corrected chi connectivity index (χ1v) is 7.09. The summed E-state index contributed by atoms with van der Waals surface area (Å²) in [6.45, 7) is 1.55. The number of hydrogen-bond acceptors (Lipinski definition) is 3. The molecule has 1 atom stereocenters. The minimum atomic E-state index is -2.81. The number of aryl methyl sites for hydroxylation is 1. The van der Waals surface area contributed by atoms with Gasteiger partial charge in [-0.3, -0.25) is 4.79 Å². The highest BCUT2D eigenvalue weighted by Crippen LogP contribution is 2.16. The molecule has 1 aliphatic rings. The molecule has 2 rings (SSSR count). The average molecular weight is 298 g/mol. The van der Waals surface area contributed by atoms with Gasteiger partial charge in [-0.15, -0.1) is 0 Å². The zero-order chi connectivity index (χ0) is 15.2. The number of alkyl halides is 2. The maximum Gasteiger partial charge on any atom is 0.387 e. The highest BCUT2D eigenvalue weighted by atomic mass is 19.3. The smallest absolute Gasteiger partial charge is 0.387 e. The molecule has 1 aromatic rings. The summed E-state index contributed by atoms with van der Waals surface area (Å²) in [7, 11) is 0. The van der Waals surface area contributed by atoms with Crippen molar-refractivity contribution >= 4 is 5.91 Å². The highest BCUT2D eigenvalue weighted by molar-refractivity contribution is 5.76. The van der Waals surface area contributed by atoms with Crippen molar-refractivity contribution in [2.45, 2.75) is 32.4 Å². The van der Waals surface area contributed by atoms with Crippen LogP contribution in [0.3, 0.4) is 0 Å². The molecule has 0 aliphatic carbocycles. The average Bonchev–Trinajstić information content (AvgIpc) is 2.45. The van der Waals surface area contributed by atoms with Crippen LogP contribution in [0.1, 0.15) is 18.9 Å². The van der Waals surface area contributed by atoms with Gasteiger partial charge in [0.25, 0.3) is 0 Å². The van der Waals surface area contributed by atoms with Crippen molar-refractivity contribution in [3.8, 4) is 5.75 Å². The number of hydrogen-bond donors (Lipinski definition) is 1. The van der Waals surface area contributed by atoms with Crippen LogP contribution in [0.15, 0.2) is 24.3 Å². The standard InChI is InChI=1S/C15H20F2N2O2/c1-11-10-19(9-8-18-11)14(20)7-4-12-2-5-13(6-3-12)21-15(16)17/h2-3,5-6,11,15,18H,4,7-10H2,1H3. The van der Waals surface area contributed by atoms with Crippen molar-refractivity contribution in [2.24, 2.45) is 0 Å². The van der Waals surface area contributed by atoms with Crippen LogP contribution >= 0.6 is 0 Å².